The van der Waals surface area contributed by atoms with E-state index in [0.29, 0.717) is 41.8 Å². The Kier molecular flexibility index (Phi) is 3.74. The minimum Gasteiger partial charge on any atom is -0.489 e. The number of carbonyl (C=O) groups is 1. The highest BCUT2D eigenvalue weighted by molar-refractivity contribution is 6.32. The van der Waals surface area contributed by atoms with Crippen LogP contribution < -0.4 is 14.8 Å². The zero-order valence-corrected chi connectivity index (χ0v) is 10.3. The third kappa shape index (κ3) is 2.64. The van der Waals surface area contributed by atoms with Crippen molar-refractivity contribution < 1.29 is 14.3 Å². The first kappa shape index (κ1) is 12.0. The lowest BCUT2D eigenvalue weighted by atomic mass is 10.2. The molecule has 0 saturated heterocycles. The molecule has 2 rings (SSSR count). The Hall–Kier alpha value is -1.42. The molecule has 0 saturated carbocycles. The summed E-state index contributed by atoms with van der Waals surface area (Å²) in [5.41, 5.74) is 0.487. The maximum Gasteiger partial charge on any atom is 0.251 e. The maximum atomic E-state index is 11.7. The van der Waals surface area contributed by atoms with Gasteiger partial charge in [0.1, 0.15) is 0 Å². The van der Waals surface area contributed by atoms with Gasteiger partial charge in [-0.2, -0.15) is 0 Å². The van der Waals surface area contributed by atoms with Gasteiger partial charge in [0.25, 0.3) is 5.91 Å². The fraction of sp³-hybridized carbons (Fsp3) is 0.417. The minimum absolute atomic E-state index is 0.162. The first-order chi connectivity index (χ1) is 8.22. The van der Waals surface area contributed by atoms with Crippen molar-refractivity contribution in [3.05, 3.63) is 22.7 Å². The summed E-state index contributed by atoms with van der Waals surface area (Å²) < 4.78 is 11.0. The molecule has 1 amide bonds. The summed E-state index contributed by atoms with van der Waals surface area (Å²) in [4.78, 5) is 11.7. The quantitative estimate of drug-likeness (QED) is 0.882. The predicted molar refractivity (Wildman–Crippen MR) is 65.1 cm³/mol. The van der Waals surface area contributed by atoms with Crippen LogP contribution in [-0.4, -0.2) is 25.7 Å². The smallest absolute Gasteiger partial charge is 0.251 e. The molecule has 0 aromatic heterocycles. The van der Waals surface area contributed by atoms with Crippen LogP contribution in [0.1, 0.15) is 23.7 Å². The van der Waals surface area contributed by atoms with Gasteiger partial charge in [-0.05, 0) is 19.1 Å². The van der Waals surface area contributed by atoms with E-state index in [1.807, 2.05) is 6.92 Å². The van der Waals surface area contributed by atoms with Gasteiger partial charge in [0, 0.05) is 18.5 Å². The van der Waals surface area contributed by atoms with Gasteiger partial charge in [-0.15, -0.1) is 0 Å². The number of amides is 1. The highest BCUT2D eigenvalue weighted by Crippen LogP contribution is 2.37. The first-order valence-electron chi connectivity index (χ1n) is 5.59. The normalized spacial score (nSPS) is 14.0. The number of hydrogen-bond donors (Lipinski definition) is 1. The summed E-state index contributed by atoms with van der Waals surface area (Å²) in [6.45, 7) is 3.59. The largest absolute Gasteiger partial charge is 0.489 e. The SMILES string of the molecule is CCNC(=O)c1cc(Cl)c2c(c1)OCCCO2. The van der Waals surface area contributed by atoms with Crippen LogP contribution in [0.2, 0.25) is 5.02 Å². The summed E-state index contributed by atoms with van der Waals surface area (Å²) in [6.07, 6.45) is 0.807. The number of nitrogens with one attached hydrogen (secondary N) is 1. The topological polar surface area (TPSA) is 47.6 Å². The van der Waals surface area contributed by atoms with E-state index in [9.17, 15) is 4.79 Å². The second-order valence-corrected chi connectivity index (χ2v) is 4.10. The Labute approximate surface area is 105 Å². The monoisotopic (exact) mass is 255 g/mol. The van der Waals surface area contributed by atoms with Gasteiger partial charge in [-0.3, -0.25) is 4.79 Å². The van der Waals surface area contributed by atoms with Gasteiger partial charge >= 0.3 is 0 Å². The third-order valence-corrected chi connectivity index (χ3v) is 2.68. The fourth-order valence-electron chi connectivity index (χ4n) is 1.62. The van der Waals surface area contributed by atoms with E-state index in [2.05, 4.69) is 5.32 Å². The lowest BCUT2D eigenvalue weighted by Gasteiger charge is -2.11. The van der Waals surface area contributed by atoms with E-state index < -0.39 is 0 Å². The van der Waals surface area contributed by atoms with Crippen molar-refractivity contribution in [1.29, 1.82) is 0 Å². The number of ether oxygens (including phenoxy) is 2. The fourth-order valence-corrected chi connectivity index (χ4v) is 1.89. The Morgan fingerprint density at radius 1 is 1.41 bits per heavy atom. The Morgan fingerprint density at radius 3 is 2.94 bits per heavy atom. The van der Waals surface area contributed by atoms with Gasteiger partial charge in [-0.25, -0.2) is 0 Å². The molecule has 17 heavy (non-hydrogen) atoms. The van der Waals surface area contributed by atoms with Crippen molar-refractivity contribution in [2.24, 2.45) is 0 Å². The average Bonchev–Trinajstić information content (AvgIpc) is 2.54. The zero-order chi connectivity index (χ0) is 12.3. The highest BCUT2D eigenvalue weighted by atomic mass is 35.5. The average molecular weight is 256 g/mol. The van der Waals surface area contributed by atoms with Crippen molar-refractivity contribution in [3.63, 3.8) is 0 Å². The molecule has 0 atom stereocenters. The summed E-state index contributed by atoms with van der Waals surface area (Å²) in [5.74, 6) is 0.901. The van der Waals surface area contributed by atoms with Crippen LogP contribution in [-0.2, 0) is 0 Å². The van der Waals surface area contributed by atoms with Gasteiger partial charge in [0.15, 0.2) is 11.5 Å². The molecule has 0 spiro atoms. The van der Waals surface area contributed by atoms with Crippen LogP contribution in [0.5, 0.6) is 11.5 Å². The molecule has 1 heterocycles. The van der Waals surface area contributed by atoms with E-state index in [-0.39, 0.29) is 5.91 Å². The highest BCUT2D eigenvalue weighted by Gasteiger charge is 2.17. The maximum absolute atomic E-state index is 11.7. The number of benzene rings is 1. The summed E-state index contributed by atoms with van der Waals surface area (Å²) in [7, 11) is 0. The van der Waals surface area contributed by atoms with E-state index in [1.54, 1.807) is 12.1 Å². The van der Waals surface area contributed by atoms with Gasteiger partial charge in [0.2, 0.25) is 0 Å². The summed E-state index contributed by atoms with van der Waals surface area (Å²) >= 11 is 6.08. The molecule has 1 aliphatic rings. The van der Waals surface area contributed by atoms with E-state index >= 15 is 0 Å². The van der Waals surface area contributed by atoms with Crippen LogP contribution in [0.3, 0.4) is 0 Å². The molecule has 92 valence electrons. The molecule has 0 aliphatic carbocycles. The second-order valence-electron chi connectivity index (χ2n) is 3.70. The van der Waals surface area contributed by atoms with Crippen molar-refractivity contribution in [2.45, 2.75) is 13.3 Å². The van der Waals surface area contributed by atoms with E-state index in [1.165, 1.54) is 0 Å². The van der Waals surface area contributed by atoms with Crippen molar-refractivity contribution in [3.8, 4) is 11.5 Å². The number of hydrogen-bond acceptors (Lipinski definition) is 3. The van der Waals surface area contributed by atoms with Crippen LogP contribution in [0.4, 0.5) is 0 Å². The Morgan fingerprint density at radius 2 is 2.18 bits per heavy atom. The summed E-state index contributed by atoms with van der Waals surface area (Å²) in [5, 5.41) is 3.13. The van der Waals surface area contributed by atoms with Crippen LogP contribution >= 0.6 is 11.6 Å². The number of rotatable bonds is 2. The molecular weight excluding hydrogens is 242 g/mol. The molecule has 1 aromatic rings. The van der Waals surface area contributed by atoms with Crippen molar-refractivity contribution in [2.75, 3.05) is 19.8 Å². The van der Waals surface area contributed by atoms with Crippen molar-refractivity contribution in [1.82, 2.24) is 5.32 Å². The lowest BCUT2D eigenvalue weighted by molar-refractivity contribution is 0.0955. The van der Waals surface area contributed by atoms with Crippen LogP contribution in [0.15, 0.2) is 12.1 Å². The molecule has 0 fully saturated rings. The second kappa shape index (κ2) is 5.27. The predicted octanol–water partition coefficient (Wildman–Crippen LogP) is 2.25. The van der Waals surface area contributed by atoms with E-state index in [0.717, 1.165) is 6.42 Å². The Bertz CT molecular complexity index is 434. The van der Waals surface area contributed by atoms with Crippen LogP contribution in [0.25, 0.3) is 0 Å². The molecule has 1 aromatic carbocycles. The molecule has 5 heteroatoms. The minimum atomic E-state index is -0.162. The van der Waals surface area contributed by atoms with Gasteiger partial charge in [-0.1, -0.05) is 11.6 Å². The van der Waals surface area contributed by atoms with E-state index in [4.69, 9.17) is 21.1 Å². The number of carbonyl (C=O) groups excluding carboxylic acids is 1. The zero-order valence-electron chi connectivity index (χ0n) is 9.59. The molecular formula is C12H14ClNO3. The third-order valence-electron chi connectivity index (χ3n) is 2.40. The van der Waals surface area contributed by atoms with Crippen LogP contribution in [0, 0.1) is 0 Å². The van der Waals surface area contributed by atoms with Crippen molar-refractivity contribution >= 4 is 17.5 Å². The van der Waals surface area contributed by atoms with Gasteiger partial charge in [0.05, 0.1) is 18.2 Å². The molecule has 4 nitrogen and oxygen atoms in total. The lowest BCUT2D eigenvalue weighted by Crippen LogP contribution is -2.22. The molecule has 0 unspecified atom stereocenters. The molecule has 1 N–H and O–H groups in total. The molecule has 1 aliphatic heterocycles. The Balaban J connectivity index is 2.35. The molecule has 0 bridgehead atoms. The summed E-state index contributed by atoms with van der Waals surface area (Å²) in [6, 6.07) is 3.26. The van der Waals surface area contributed by atoms with Gasteiger partial charge < -0.3 is 14.8 Å². The first-order valence-corrected chi connectivity index (χ1v) is 5.97. The standard InChI is InChI=1S/C12H14ClNO3/c1-2-14-12(15)8-6-9(13)11-10(7-8)16-4-3-5-17-11/h6-7H,2-5H2,1H3,(H,14,15). The molecule has 0 radical (unpaired) electrons. The number of halogens is 1. The number of fused-ring (bicyclic) bond motifs is 1.